The van der Waals surface area contributed by atoms with E-state index in [-0.39, 0.29) is 0 Å². The summed E-state index contributed by atoms with van der Waals surface area (Å²) in [4.78, 5) is 19.1. The Bertz CT molecular complexity index is 745. The molecular weight excluding hydrogens is 362 g/mol. The molecule has 2 aromatic carbocycles. The van der Waals surface area contributed by atoms with Crippen molar-refractivity contribution in [3.63, 3.8) is 0 Å². The minimum Gasteiger partial charge on any atom is -0.489 e. The average Bonchev–Trinajstić information content (AvgIpc) is 2.67. The Morgan fingerprint density at radius 1 is 0.964 bits per heavy atom. The quantitative estimate of drug-likeness (QED) is 0.566. The summed E-state index contributed by atoms with van der Waals surface area (Å²) in [5.74, 6) is 0.270. The summed E-state index contributed by atoms with van der Waals surface area (Å²) in [7, 11) is 1.95. The first-order valence-electron chi connectivity index (χ1n) is 8.65. The molecule has 0 aliphatic rings. The average molecular weight is 387 g/mol. The van der Waals surface area contributed by atoms with Crippen LogP contribution in [0.2, 0.25) is 0 Å². The third-order valence-electron chi connectivity index (χ3n) is 3.26. The zero-order valence-electron chi connectivity index (χ0n) is 15.9. The molecule has 7 nitrogen and oxygen atoms in total. The molecule has 0 fully saturated rings. The van der Waals surface area contributed by atoms with Gasteiger partial charge in [-0.05, 0) is 31.3 Å². The number of ether oxygens (including phenoxy) is 2. The van der Waals surface area contributed by atoms with Gasteiger partial charge in [0.1, 0.15) is 5.75 Å². The fourth-order valence-electron chi connectivity index (χ4n) is 2.05. The van der Waals surface area contributed by atoms with E-state index in [1.807, 2.05) is 61.6 Å². The van der Waals surface area contributed by atoms with Crippen LogP contribution in [-0.2, 0) is 9.59 Å². The number of para-hydroxylation sites is 3. The highest BCUT2D eigenvalue weighted by Gasteiger charge is 2.07. The molecule has 7 heteroatoms. The number of carboxylic acids is 2. The van der Waals surface area contributed by atoms with Crippen molar-refractivity contribution in [3.8, 4) is 17.2 Å². The number of benzene rings is 2. The van der Waals surface area contributed by atoms with Crippen LogP contribution in [0.4, 0.5) is 0 Å². The SMILES string of the molecule is CNCC(C)COc1ccccc1Oc1ccccc1.O=C(O)/C=C/C(=O)O. The fraction of sp³-hybridized carbons (Fsp3) is 0.238. The molecule has 1 unspecified atom stereocenters. The Morgan fingerprint density at radius 2 is 1.50 bits per heavy atom. The first kappa shape index (κ1) is 22.7. The molecule has 0 aromatic heterocycles. The highest BCUT2D eigenvalue weighted by Crippen LogP contribution is 2.31. The minimum absolute atomic E-state index is 0.449. The van der Waals surface area contributed by atoms with Crippen LogP contribution in [0, 0.1) is 5.92 Å². The number of hydrogen-bond acceptors (Lipinski definition) is 5. The molecule has 0 amide bonds. The fourth-order valence-corrected chi connectivity index (χ4v) is 2.05. The first-order valence-corrected chi connectivity index (χ1v) is 8.65. The van der Waals surface area contributed by atoms with E-state index < -0.39 is 11.9 Å². The maximum absolute atomic E-state index is 9.55. The Balaban J connectivity index is 0.000000416. The van der Waals surface area contributed by atoms with E-state index in [2.05, 4.69) is 12.2 Å². The predicted molar refractivity (Wildman–Crippen MR) is 106 cm³/mol. The molecule has 0 spiro atoms. The second kappa shape index (κ2) is 12.9. The lowest BCUT2D eigenvalue weighted by Gasteiger charge is -2.15. The van der Waals surface area contributed by atoms with Crippen molar-refractivity contribution < 1.29 is 29.3 Å². The van der Waals surface area contributed by atoms with Gasteiger partial charge in [-0.1, -0.05) is 37.3 Å². The molecule has 1 atom stereocenters. The van der Waals surface area contributed by atoms with Crippen molar-refractivity contribution >= 4 is 11.9 Å². The highest BCUT2D eigenvalue weighted by atomic mass is 16.5. The third-order valence-corrected chi connectivity index (χ3v) is 3.26. The Hall–Kier alpha value is -3.32. The molecule has 0 saturated heterocycles. The molecule has 0 aliphatic carbocycles. The maximum atomic E-state index is 9.55. The summed E-state index contributed by atoms with van der Waals surface area (Å²) in [6.45, 7) is 3.74. The van der Waals surface area contributed by atoms with E-state index in [1.165, 1.54) is 0 Å². The molecule has 0 saturated carbocycles. The smallest absolute Gasteiger partial charge is 0.328 e. The molecule has 28 heavy (non-hydrogen) atoms. The zero-order valence-corrected chi connectivity index (χ0v) is 15.9. The summed E-state index contributed by atoms with van der Waals surface area (Å²) in [5, 5.41) is 18.8. The lowest BCUT2D eigenvalue weighted by atomic mass is 10.2. The number of carbonyl (C=O) groups is 2. The minimum atomic E-state index is -1.26. The summed E-state index contributed by atoms with van der Waals surface area (Å²) in [6, 6.07) is 17.5. The second-order valence-corrected chi connectivity index (χ2v) is 5.85. The van der Waals surface area contributed by atoms with E-state index in [9.17, 15) is 9.59 Å². The van der Waals surface area contributed by atoms with Crippen molar-refractivity contribution in [1.29, 1.82) is 0 Å². The van der Waals surface area contributed by atoms with Crippen LogP contribution >= 0.6 is 0 Å². The number of rotatable bonds is 9. The van der Waals surface area contributed by atoms with Crippen LogP contribution in [0.3, 0.4) is 0 Å². The van der Waals surface area contributed by atoms with Crippen LogP contribution in [0.15, 0.2) is 66.7 Å². The molecule has 150 valence electrons. The molecule has 0 radical (unpaired) electrons. The van der Waals surface area contributed by atoms with Gasteiger partial charge in [0, 0.05) is 24.6 Å². The molecule has 3 N–H and O–H groups in total. The monoisotopic (exact) mass is 387 g/mol. The standard InChI is InChI=1S/C17H21NO2.C4H4O4/c1-14(12-18-2)13-19-16-10-6-7-11-17(16)20-15-8-4-3-5-9-15;5-3(6)1-2-4(7)8/h3-11,14,18H,12-13H2,1-2H3;1-2H,(H,5,6)(H,7,8)/b;2-1+. The predicted octanol–water partition coefficient (Wildman–Crippen LogP) is 3.43. The highest BCUT2D eigenvalue weighted by molar-refractivity contribution is 5.89. The van der Waals surface area contributed by atoms with Gasteiger partial charge >= 0.3 is 11.9 Å². The van der Waals surface area contributed by atoms with Crippen molar-refractivity contribution in [3.05, 3.63) is 66.7 Å². The molecular formula is C21H25NO6. The number of hydrogen-bond donors (Lipinski definition) is 3. The van der Waals surface area contributed by atoms with E-state index in [0.717, 1.165) is 23.8 Å². The van der Waals surface area contributed by atoms with Crippen LogP contribution in [0.1, 0.15) is 6.92 Å². The van der Waals surface area contributed by atoms with Gasteiger partial charge in [0.2, 0.25) is 0 Å². The Labute approximate surface area is 164 Å². The van der Waals surface area contributed by atoms with E-state index in [1.54, 1.807) is 0 Å². The summed E-state index contributed by atoms with van der Waals surface area (Å²) >= 11 is 0. The van der Waals surface area contributed by atoms with Crippen LogP contribution in [-0.4, -0.2) is 42.4 Å². The largest absolute Gasteiger partial charge is 0.489 e. The van der Waals surface area contributed by atoms with E-state index in [4.69, 9.17) is 19.7 Å². The van der Waals surface area contributed by atoms with E-state index >= 15 is 0 Å². The lowest BCUT2D eigenvalue weighted by Crippen LogP contribution is -2.21. The van der Waals surface area contributed by atoms with Crippen molar-refractivity contribution in [1.82, 2.24) is 5.32 Å². The van der Waals surface area contributed by atoms with Crippen molar-refractivity contribution in [2.45, 2.75) is 6.92 Å². The van der Waals surface area contributed by atoms with Crippen molar-refractivity contribution in [2.75, 3.05) is 20.2 Å². The van der Waals surface area contributed by atoms with Gasteiger partial charge in [0.25, 0.3) is 0 Å². The lowest BCUT2D eigenvalue weighted by molar-refractivity contribution is -0.134. The van der Waals surface area contributed by atoms with Gasteiger partial charge in [0.15, 0.2) is 11.5 Å². The number of aliphatic carboxylic acids is 2. The van der Waals surface area contributed by atoms with Crippen LogP contribution < -0.4 is 14.8 Å². The zero-order chi connectivity index (χ0) is 20.8. The van der Waals surface area contributed by atoms with Crippen LogP contribution in [0.25, 0.3) is 0 Å². The molecule has 0 aliphatic heterocycles. The topological polar surface area (TPSA) is 105 Å². The molecule has 2 aromatic rings. The molecule has 2 rings (SSSR count). The first-order chi connectivity index (χ1) is 13.4. The summed E-state index contributed by atoms with van der Waals surface area (Å²) in [5.41, 5.74) is 0. The van der Waals surface area contributed by atoms with Gasteiger partial charge in [0.05, 0.1) is 6.61 Å². The third kappa shape index (κ3) is 9.98. The number of nitrogens with one attached hydrogen (secondary N) is 1. The number of carboxylic acid groups (broad SMARTS) is 2. The molecule has 0 bridgehead atoms. The van der Waals surface area contributed by atoms with Crippen LogP contribution in [0.5, 0.6) is 17.2 Å². The summed E-state index contributed by atoms with van der Waals surface area (Å²) < 4.78 is 11.7. The van der Waals surface area contributed by atoms with Gasteiger partial charge in [-0.25, -0.2) is 9.59 Å². The Kier molecular flexibility index (Phi) is 10.5. The maximum Gasteiger partial charge on any atom is 0.328 e. The summed E-state index contributed by atoms with van der Waals surface area (Å²) in [6.07, 6.45) is 1.12. The molecule has 0 heterocycles. The van der Waals surface area contributed by atoms with Gasteiger partial charge in [-0.2, -0.15) is 0 Å². The normalized spacial score (nSPS) is 11.2. The van der Waals surface area contributed by atoms with Gasteiger partial charge < -0.3 is 25.0 Å². The Morgan fingerprint density at radius 3 is 2.04 bits per heavy atom. The van der Waals surface area contributed by atoms with Gasteiger partial charge in [-0.3, -0.25) is 0 Å². The van der Waals surface area contributed by atoms with Crippen molar-refractivity contribution in [2.24, 2.45) is 5.92 Å². The van der Waals surface area contributed by atoms with Gasteiger partial charge in [-0.15, -0.1) is 0 Å². The second-order valence-electron chi connectivity index (χ2n) is 5.85. The van der Waals surface area contributed by atoms with E-state index in [0.29, 0.717) is 24.7 Å².